The topological polar surface area (TPSA) is 51.3 Å². The first-order valence-corrected chi connectivity index (χ1v) is 9.24. The normalized spacial score (nSPS) is 15.8. The van der Waals surface area contributed by atoms with Gasteiger partial charge < -0.3 is 15.2 Å². The molecule has 0 radical (unpaired) electrons. The van der Waals surface area contributed by atoms with Crippen LogP contribution in [0.2, 0.25) is 0 Å². The van der Waals surface area contributed by atoms with Crippen molar-refractivity contribution in [2.45, 2.75) is 26.7 Å². The number of nitrogens with two attached hydrogens (primary N) is 1. The number of amides is 1. The molecular weight excluding hydrogens is 366 g/mol. The summed E-state index contributed by atoms with van der Waals surface area (Å²) in [6.45, 7) is 6.41. The summed E-state index contributed by atoms with van der Waals surface area (Å²) in [5.74, 6) is 0.700. The number of benzene rings is 1. The number of piperidine rings is 1. The lowest BCUT2D eigenvalue weighted by Gasteiger charge is -2.31. The number of carbonyl (C=O) groups is 1. The largest absolute Gasteiger partial charge is 0.339 e. The highest BCUT2D eigenvalue weighted by molar-refractivity contribution is 9.10. The second-order valence-corrected chi connectivity index (χ2v) is 7.48. The fourth-order valence-corrected chi connectivity index (χ4v) is 3.77. The van der Waals surface area contributed by atoms with Gasteiger partial charge in [-0.3, -0.25) is 4.79 Å². The predicted molar refractivity (Wildman–Crippen MR) is 101 cm³/mol. The molecule has 0 saturated carbocycles. The van der Waals surface area contributed by atoms with Crippen LogP contribution in [0.5, 0.6) is 0 Å². The van der Waals surface area contributed by atoms with Gasteiger partial charge in [0.1, 0.15) is 0 Å². The van der Waals surface area contributed by atoms with Gasteiger partial charge in [0.05, 0.1) is 5.56 Å². The van der Waals surface area contributed by atoms with Gasteiger partial charge in [-0.15, -0.1) is 0 Å². The maximum Gasteiger partial charge on any atom is 0.255 e. The van der Waals surface area contributed by atoms with Gasteiger partial charge in [0.15, 0.2) is 0 Å². The summed E-state index contributed by atoms with van der Waals surface area (Å²) in [6, 6.07) is 10.2. The Labute approximate surface area is 151 Å². The lowest BCUT2D eigenvalue weighted by molar-refractivity contribution is 0.0692. The van der Waals surface area contributed by atoms with E-state index in [0.717, 1.165) is 59.6 Å². The Hall–Kier alpha value is -1.59. The van der Waals surface area contributed by atoms with E-state index in [1.54, 1.807) is 0 Å². The summed E-state index contributed by atoms with van der Waals surface area (Å²) in [5.41, 5.74) is 9.71. The van der Waals surface area contributed by atoms with Crippen LogP contribution in [0.25, 0.3) is 5.69 Å². The number of hydrogen-bond donors (Lipinski definition) is 1. The maximum absolute atomic E-state index is 12.9. The lowest BCUT2D eigenvalue weighted by atomic mass is 9.96. The van der Waals surface area contributed by atoms with E-state index in [1.165, 1.54) is 0 Å². The molecule has 4 nitrogen and oxygen atoms in total. The number of aromatic nitrogens is 1. The molecule has 2 heterocycles. The number of carbonyl (C=O) groups excluding carboxylic acids is 1. The van der Waals surface area contributed by atoms with Gasteiger partial charge in [-0.2, -0.15) is 0 Å². The van der Waals surface area contributed by atoms with Gasteiger partial charge in [0, 0.05) is 34.6 Å². The molecule has 1 aliphatic heterocycles. The molecule has 1 fully saturated rings. The van der Waals surface area contributed by atoms with E-state index in [2.05, 4.69) is 32.6 Å². The molecule has 5 heteroatoms. The molecule has 0 aliphatic carbocycles. The van der Waals surface area contributed by atoms with Crippen molar-refractivity contribution in [3.05, 3.63) is 51.8 Å². The molecule has 1 saturated heterocycles. The molecule has 0 spiro atoms. The minimum atomic E-state index is 0.141. The first-order chi connectivity index (χ1) is 11.5. The number of aryl methyl sites for hydroxylation is 1. The smallest absolute Gasteiger partial charge is 0.255 e. The van der Waals surface area contributed by atoms with Crippen molar-refractivity contribution in [2.24, 2.45) is 11.7 Å². The van der Waals surface area contributed by atoms with Crippen LogP contribution in [0, 0.1) is 19.8 Å². The zero-order valence-corrected chi connectivity index (χ0v) is 15.8. The molecule has 0 unspecified atom stereocenters. The van der Waals surface area contributed by atoms with Crippen LogP contribution in [0.4, 0.5) is 0 Å². The molecule has 1 aromatic heterocycles. The summed E-state index contributed by atoms with van der Waals surface area (Å²) in [6.07, 6.45) is 2.02. The number of likely N-dealkylation sites (tertiary alicyclic amines) is 1. The van der Waals surface area contributed by atoms with Crippen LogP contribution < -0.4 is 5.73 Å². The molecule has 2 N–H and O–H groups in total. The molecule has 1 amide bonds. The molecule has 0 atom stereocenters. The summed E-state index contributed by atoms with van der Waals surface area (Å²) in [7, 11) is 0. The number of rotatable bonds is 3. The Morgan fingerprint density at radius 2 is 1.83 bits per heavy atom. The summed E-state index contributed by atoms with van der Waals surface area (Å²) < 4.78 is 3.19. The van der Waals surface area contributed by atoms with E-state index in [1.807, 2.05) is 36.9 Å². The third-order valence-corrected chi connectivity index (χ3v) is 5.51. The van der Waals surface area contributed by atoms with Crippen LogP contribution in [-0.4, -0.2) is 35.0 Å². The zero-order valence-electron chi connectivity index (χ0n) is 14.3. The predicted octanol–water partition coefficient (Wildman–Crippen LogP) is 3.67. The van der Waals surface area contributed by atoms with Crippen molar-refractivity contribution in [1.82, 2.24) is 9.47 Å². The van der Waals surface area contributed by atoms with E-state index in [9.17, 15) is 4.79 Å². The van der Waals surface area contributed by atoms with E-state index >= 15 is 0 Å². The highest BCUT2D eigenvalue weighted by Crippen LogP contribution is 2.25. The Bertz CT molecular complexity index is 728. The van der Waals surface area contributed by atoms with Gasteiger partial charge >= 0.3 is 0 Å². The standard InChI is InChI=1S/C19H24BrN3O/c1-13-11-18(19(24)22-9-7-15(12-21)8-10-22)14(2)23(13)17-5-3-16(20)4-6-17/h3-6,11,15H,7-10,12,21H2,1-2H3. The first-order valence-electron chi connectivity index (χ1n) is 8.45. The van der Waals surface area contributed by atoms with Gasteiger partial charge in [-0.05, 0) is 69.5 Å². The monoisotopic (exact) mass is 389 g/mol. The SMILES string of the molecule is Cc1cc(C(=O)N2CCC(CN)CC2)c(C)n1-c1ccc(Br)cc1. The molecule has 128 valence electrons. The van der Waals surface area contributed by atoms with Crippen molar-refractivity contribution in [2.75, 3.05) is 19.6 Å². The third kappa shape index (κ3) is 3.28. The van der Waals surface area contributed by atoms with E-state index in [4.69, 9.17) is 5.73 Å². The number of halogens is 1. The van der Waals surface area contributed by atoms with Crippen LogP contribution in [0.3, 0.4) is 0 Å². The second-order valence-electron chi connectivity index (χ2n) is 6.57. The number of hydrogen-bond acceptors (Lipinski definition) is 2. The average Bonchev–Trinajstić information content (AvgIpc) is 2.90. The van der Waals surface area contributed by atoms with Gasteiger partial charge in [0.25, 0.3) is 5.91 Å². The molecule has 1 aliphatic rings. The van der Waals surface area contributed by atoms with E-state index < -0.39 is 0 Å². The molecule has 24 heavy (non-hydrogen) atoms. The molecule has 3 rings (SSSR count). The minimum absolute atomic E-state index is 0.141. The second kappa shape index (κ2) is 7.11. The fourth-order valence-electron chi connectivity index (χ4n) is 3.51. The zero-order chi connectivity index (χ0) is 17.3. The molecule has 2 aromatic rings. The van der Waals surface area contributed by atoms with Gasteiger partial charge in [-0.25, -0.2) is 0 Å². The van der Waals surface area contributed by atoms with Crippen molar-refractivity contribution < 1.29 is 4.79 Å². The summed E-state index contributed by atoms with van der Waals surface area (Å²) in [4.78, 5) is 14.9. The van der Waals surface area contributed by atoms with Crippen molar-refractivity contribution in [3.8, 4) is 5.69 Å². The molecule has 0 bridgehead atoms. The van der Waals surface area contributed by atoms with Crippen LogP contribution in [0.1, 0.15) is 34.6 Å². The van der Waals surface area contributed by atoms with Crippen LogP contribution in [0.15, 0.2) is 34.8 Å². The van der Waals surface area contributed by atoms with Crippen LogP contribution in [-0.2, 0) is 0 Å². The van der Waals surface area contributed by atoms with Gasteiger partial charge in [0.2, 0.25) is 0 Å². The van der Waals surface area contributed by atoms with Gasteiger partial charge in [-0.1, -0.05) is 15.9 Å². The van der Waals surface area contributed by atoms with E-state index in [0.29, 0.717) is 5.92 Å². The highest BCUT2D eigenvalue weighted by Gasteiger charge is 2.25. The fraction of sp³-hybridized carbons (Fsp3) is 0.421. The van der Waals surface area contributed by atoms with Crippen molar-refractivity contribution in [1.29, 1.82) is 0 Å². The highest BCUT2D eigenvalue weighted by atomic mass is 79.9. The molecular formula is C19H24BrN3O. The van der Waals surface area contributed by atoms with Crippen molar-refractivity contribution in [3.63, 3.8) is 0 Å². The Kier molecular flexibility index (Phi) is 5.11. The maximum atomic E-state index is 12.9. The van der Waals surface area contributed by atoms with Crippen molar-refractivity contribution >= 4 is 21.8 Å². The summed E-state index contributed by atoms with van der Waals surface area (Å²) in [5, 5.41) is 0. The Morgan fingerprint density at radius 3 is 2.42 bits per heavy atom. The Balaban J connectivity index is 1.86. The summed E-state index contributed by atoms with van der Waals surface area (Å²) >= 11 is 3.47. The molecule has 1 aromatic carbocycles. The Morgan fingerprint density at radius 1 is 1.21 bits per heavy atom. The first kappa shape index (κ1) is 17.2. The average molecular weight is 390 g/mol. The number of nitrogens with zero attached hydrogens (tertiary/aromatic N) is 2. The van der Waals surface area contributed by atoms with Crippen LogP contribution >= 0.6 is 15.9 Å². The minimum Gasteiger partial charge on any atom is -0.339 e. The lowest BCUT2D eigenvalue weighted by Crippen LogP contribution is -2.40. The quantitative estimate of drug-likeness (QED) is 0.870. The third-order valence-electron chi connectivity index (χ3n) is 4.98. The van der Waals surface area contributed by atoms with E-state index in [-0.39, 0.29) is 5.91 Å².